The lowest BCUT2D eigenvalue weighted by atomic mass is 10.4. The molecule has 0 bridgehead atoms. The first kappa shape index (κ1) is 8.83. The monoisotopic (exact) mass is 212 g/mol. The largest absolute Gasteiger partial charge is 0.103 e. The Morgan fingerprint density at radius 2 is 2.17 bits per heavy atom. The van der Waals surface area contributed by atoms with E-state index in [9.17, 15) is 0 Å². The SMILES string of the molecule is C1=PCC(Pc2ccccc2)P1. The van der Waals surface area contributed by atoms with Crippen molar-refractivity contribution in [3.05, 3.63) is 30.3 Å². The fraction of sp³-hybridized carbons (Fsp3) is 0.222. The highest BCUT2D eigenvalue weighted by atomic mass is 31.1. The molecule has 12 heavy (non-hydrogen) atoms. The van der Waals surface area contributed by atoms with Gasteiger partial charge in [0.15, 0.2) is 0 Å². The highest BCUT2D eigenvalue weighted by Gasteiger charge is 2.10. The average Bonchev–Trinajstić information content (AvgIpc) is 2.59. The predicted octanol–water partition coefficient (Wildman–Crippen LogP) is 2.71. The van der Waals surface area contributed by atoms with Crippen molar-refractivity contribution in [3.63, 3.8) is 0 Å². The van der Waals surface area contributed by atoms with Crippen molar-refractivity contribution >= 4 is 36.2 Å². The van der Waals surface area contributed by atoms with Crippen molar-refractivity contribution < 1.29 is 0 Å². The van der Waals surface area contributed by atoms with Crippen LogP contribution in [-0.4, -0.2) is 17.1 Å². The number of hydrogen-bond donors (Lipinski definition) is 0. The molecule has 0 aliphatic carbocycles. The summed E-state index contributed by atoms with van der Waals surface area (Å²) in [6, 6.07) is 10.9. The topological polar surface area (TPSA) is 0 Å². The summed E-state index contributed by atoms with van der Waals surface area (Å²) in [5, 5.41) is 2.49. The fourth-order valence-corrected chi connectivity index (χ4v) is 6.66. The van der Waals surface area contributed by atoms with Crippen LogP contribution in [0.2, 0.25) is 0 Å². The van der Waals surface area contributed by atoms with Gasteiger partial charge in [-0.15, -0.1) is 8.20 Å². The van der Waals surface area contributed by atoms with Gasteiger partial charge in [-0.2, -0.15) is 0 Å². The molecule has 62 valence electrons. The smallest absolute Gasteiger partial charge is 0.00931 e. The predicted molar refractivity (Wildman–Crippen MR) is 64.3 cm³/mol. The van der Waals surface area contributed by atoms with Crippen molar-refractivity contribution in [3.8, 4) is 0 Å². The van der Waals surface area contributed by atoms with Crippen LogP contribution in [0.5, 0.6) is 0 Å². The van der Waals surface area contributed by atoms with Gasteiger partial charge in [0.05, 0.1) is 0 Å². The molecule has 1 aromatic carbocycles. The van der Waals surface area contributed by atoms with Gasteiger partial charge in [-0.25, -0.2) is 0 Å². The van der Waals surface area contributed by atoms with Crippen molar-refractivity contribution in [2.45, 2.75) is 5.40 Å². The second-order valence-electron chi connectivity index (χ2n) is 2.72. The molecular weight excluding hydrogens is 201 g/mol. The lowest BCUT2D eigenvalue weighted by molar-refractivity contribution is 1.45. The molecule has 0 amide bonds. The minimum atomic E-state index is 0.967. The van der Waals surface area contributed by atoms with E-state index in [0.717, 1.165) is 22.6 Å². The Morgan fingerprint density at radius 3 is 2.83 bits per heavy atom. The summed E-state index contributed by atoms with van der Waals surface area (Å²) < 4.78 is 0. The third-order valence-electron chi connectivity index (χ3n) is 1.77. The van der Waals surface area contributed by atoms with E-state index in [1.165, 1.54) is 11.5 Å². The van der Waals surface area contributed by atoms with E-state index in [0.29, 0.717) is 0 Å². The van der Waals surface area contributed by atoms with Crippen LogP contribution in [-0.2, 0) is 0 Å². The summed E-state index contributed by atoms with van der Waals surface area (Å²) in [6.45, 7) is 0. The summed E-state index contributed by atoms with van der Waals surface area (Å²) in [6.07, 6.45) is 1.39. The highest BCUT2D eigenvalue weighted by Crippen LogP contribution is 2.40. The minimum Gasteiger partial charge on any atom is -0.103 e. The Labute approximate surface area is 78.5 Å². The maximum absolute atomic E-state index is 2.43. The first-order chi connectivity index (χ1) is 5.95. The molecule has 3 heteroatoms. The van der Waals surface area contributed by atoms with Gasteiger partial charge in [0.1, 0.15) is 0 Å². The highest BCUT2D eigenvalue weighted by molar-refractivity contribution is 7.80. The molecule has 1 heterocycles. The summed E-state index contributed by atoms with van der Waals surface area (Å²) in [5.41, 5.74) is 2.43. The van der Waals surface area contributed by atoms with Crippen LogP contribution in [0, 0.1) is 0 Å². The number of benzene rings is 1. The Bertz CT molecular complexity index is 260. The Morgan fingerprint density at radius 1 is 1.33 bits per heavy atom. The van der Waals surface area contributed by atoms with Crippen LogP contribution in [0.4, 0.5) is 0 Å². The third kappa shape index (κ3) is 2.37. The van der Waals surface area contributed by atoms with Crippen LogP contribution in [0.3, 0.4) is 0 Å². The lowest BCUT2D eigenvalue weighted by Gasteiger charge is -2.07. The first-order valence-electron chi connectivity index (χ1n) is 4.01. The zero-order valence-corrected chi connectivity index (χ0v) is 9.59. The Balaban J connectivity index is 1.95. The molecule has 2 rings (SSSR count). The van der Waals surface area contributed by atoms with Gasteiger partial charge < -0.3 is 0 Å². The molecular formula is C9H11P3. The van der Waals surface area contributed by atoms with Crippen molar-refractivity contribution in [2.24, 2.45) is 0 Å². The molecule has 1 aromatic rings. The van der Waals surface area contributed by atoms with Crippen LogP contribution in [0.15, 0.2) is 30.3 Å². The van der Waals surface area contributed by atoms with Gasteiger partial charge in [0.25, 0.3) is 0 Å². The number of hydrogen-bond acceptors (Lipinski definition) is 0. The maximum Gasteiger partial charge on any atom is 0.00931 e. The molecule has 0 spiro atoms. The molecule has 1 aliphatic rings. The maximum atomic E-state index is 2.43. The summed E-state index contributed by atoms with van der Waals surface area (Å²) >= 11 is 0. The van der Waals surface area contributed by atoms with E-state index in [1.54, 1.807) is 8.20 Å². The molecule has 3 atom stereocenters. The minimum absolute atomic E-state index is 0.967. The van der Waals surface area contributed by atoms with Crippen LogP contribution in [0.1, 0.15) is 0 Å². The van der Waals surface area contributed by atoms with E-state index < -0.39 is 0 Å². The molecule has 0 nitrogen and oxygen atoms in total. The fourth-order valence-electron chi connectivity index (χ4n) is 1.18. The van der Waals surface area contributed by atoms with Crippen LogP contribution >= 0.6 is 25.4 Å². The van der Waals surface area contributed by atoms with E-state index in [1.807, 2.05) is 0 Å². The molecule has 0 radical (unpaired) electrons. The summed E-state index contributed by atoms with van der Waals surface area (Å²) in [5.74, 6) is 0. The van der Waals surface area contributed by atoms with E-state index in [2.05, 4.69) is 35.9 Å². The summed E-state index contributed by atoms with van der Waals surface area (Å²) in [7, 11) is 3.70. The normalized spacial score (nSPS) is 25.8. The van der Waals surface area contributed by atoms with Gasteiger partial charge in [0.2, 0.25) is 0 Å². The molecule has 3 unspecified atom stereocenters. The average molecular weight is 212 g/mol. The van der Waals surface area contributed by atoms with E-state index in [-0.39, 0.29) is 0 Å². The molecule has 0 saturated carbocycles. The first-order valence-corrected chi connectivity index (χ1v) is 7.39. The molecule has 0 N–H and O–H groups in total. The quantitative estimate of drug-likeness (QED) is 0.661. The Hall–Kier alpha value is 0.250. The van der Waals surface area contributed by atoms with Crippen LogP contribution < -0.4 is 5.30 Å². The molecule has 0 aromatic heterocycles. The summed E-state index contributed by atoms with van der Waals surface area (Å²) in [4.78, 5) is 0. The number of rotatable bonds is 2. The Kier molecular flexibility index (Phi) is 3.29. The van der Waals surface area contributed by atoms with Gasteiger partial charge in [-0.05, 0) is 10.8 Å². The molecule has 0 saturated heterocycles. The lowest BCUT2D eigenvalue weighted by Crippen LogP contribution is -2.00. The van der Waals surface area contributed by atoms with Gasteiger partial charge in [-0.3, -0.25) is 0 Å². The van der Waals surface area contributed by atoms with Gasteiger partial charge in [0, 0.05) is 11.6 Å². The third-order valence-corrected chi connectivity index (χ3v) is 7.12. The molecule has 0 fully saturated rings. The second-order valence-corrected chi connectivity index (χ2v) is 7.66. The van der Waals surface area contributed by atoms with Crippen molar-refractivity contribution in [1.82, 2.24) is 0 Å². The van der Waals surface area contributed by atoms with Gasteiger partial charge >= 0.3 is 0 Å². The van der Waals surface area contributed by atoms with Crippen molar-refractivity contribution in [1.29, 1.82) is 0 Å². The van der Waals surface area contributed by atoms with Crippen LogP contribution in [0.25, 0.3) is 0 Å². The van der Waals surface area contributed by atoms with E-state index >= 15 is 0 Å². The zero-order valence-electron chi connectivity index (χ0n) is 6.70. The zero-order chi connectivity index (χ0) is 8.23. The standard InChI is InChI=1S/C9H11P3/c1-2-4-8(5-3-1)12-9-6-10-7-11-9/h1-5,7,9,11-12H,6H2. The second kappa shape index (κ2) is 4.48. The molecule has 1 aliphatic heterocycles. The van der Waals surface area contributed by atoms with Gasteiger partial charge in [-0.1, -0.05) is 47.5 Å². The van der Waals surface area contributed by atoms with Crippen molar-refractivity contribution in [2.75, 3.05) is 6.16 Å². The van der Waals surface area contributed by atoms with E-state index in [4.69, 9.17) is 0 Å².